The molecule has 164 valence electrons. The Morgan fingerprint density at radius 1 is 1.16 bits per heavy atom. The molecule has 4 atom stereocenters. The number of anilines is 1. The summed E-state index contributed by atoms with van der Waals surface area (Å²) >= 11 is 5.69. The molecule has 1 fully saturated rings. The SMILES string of the molecule is O=C(NCC1OC(CC(=O)N2CCc3ccccc32)C(O)C1O)c1ccc(F)c(Cl)c1. The fourth-order valence-corrected chi connectivity index (χ4v) is 4.16. The number of para-hydroxylation sites is 1. The number of nitrogens with zero attached hydrogens (tertiary/aromatic N) is 1. The first kappa shape index (κ1) is 21.7. The van der Waals surface area contributed by atoms with E-state index in [4.69, 9.17) is 16.3 Å². The van der Waals surface area contributed by atoms with Gasteiger partial charge in [-0.15, -0.1) is 0 Å². The number of ether oxygens (including phenoxy) is 1. The van der Waals surface area contributed by atoms with Crippen LogP contribution in [-0.2, 0) is 16.0 Å². The van der Waals surface area contributed by atoms with Crippen LogP contribution in [0.4, 0.5) is 10.1 Å². The van der Waals surface area contributed by atoms with E-state index >= 15 is 0 Å². The minimum absolute atomic E-state index is 0.0927. The van der Waals surface area contributed by atoms with Crippen LogP contribution >= 0.6 is 11.6 Å². The van der Waals surface area contributed by atoms with Gasteiger partial charge in [-0.05, 0) is 36.2 Å². The molecular weight excluding hydrogens is 427 g/mol. The highest BCUT2D eigenvalue weighted by molar-refractivity contribution is 6.31. The van der Waals surface area contributed by atoms with E-state index in [1.165, 1.54) is 12.1 Å². The Labute approximate surface area is 183 Å². The first-order valence-corrected chi connectivity index (χ1v) is 10.4. The molecule has 3 N–H and O–H groups in total. The minimum Gasteiger partial charge on any atom is -0.388 e. The third-order valence-corrected chi connectivity index (χ3v) is 5.96. The van der Waals surface area contributed by atoms with Crippen LogP contribution in [0.15, 0.2) is 42.5 Å². The molecule has 2 aliphatic rings. The van der Waals surface area contributed by atoms with Gasteiger partial charge in [0.25, 0.3) is 5.91 Å². The van der Waals surface area contributed by atoms with Gasteiger partial charge in [-0.3, -0.25) is 9.59 Å². The molecule has 4 rings (SSSR count). The molecule has 2 aromatic rings. The van der Waals surface area contributed by atoms with Crippen molar-refractivity contribution in [3.05, 3.63) is 64.4 Å². The van der Waals surface area contributed by atoms with Crippen molar-refractivity contribution in [2.24, 2.45) is 0 Å². The van der Waals surface area contributed by atoms with Gasteiger partial charge in [0.2, 0.25) is 5.91 Å². The Bertz CT molecular complexity index is 1000. The number of aliphatic hydroxyl groups excluding tert-OH is 2. The van der Waals surface area contributed by atoms with Crippen molar-refractivity contribution in [2.45, 2.75) is 37.3 Å². The highest BCUT2D eigenvalue weighted by Gasteiger charge is 2.44. The van der Waals surface area contributed by atoms with Crippen LogP contribution in [0.5, 0.6) is 0 Å². The molecule has 0 bridgehead atoms. The lowest BCUT2D eigenvalue weighted by Crippen LogP contribution is -2.40. The van der Waals surface area contributed by atoms with Crippen molar-refractivity contribution in [3.8, 4) is 0 Å². The van der Waals surface area contributed by atoms with Crippen LogP contribution in [0.2, 0.25) is 5.02 Å². The molecule has 31 heavy (non-hydrogen) atoms. The summed E-state index contributed by atoms with van der Waals surface area (Å²) in [4.78, 5) is 26.7. The number of halogens is 2. The molecule has 0 spiro atoms. The van der Waals surface area contributed by atoms with E-state index in [9.17, 15) is 24.2 Å². The molecule has 9 heteroatoms. The number of hydrogen-bond acceptors (Lipinski definition) is 5. The molecule has 0 radical (unpaired) electrons. The van der Waals surface area contributed by atoms with Gasteiger partial charge in [0.05, 0.1) is 17.5 Å². The molecule has 2 aromatic carbocycles. The highest BCUT2D eigenvalue weighted by Crippen LogP contribution is 2.30. The number of carbonyl (C=O) groups excluding carboxylic acids is 2. The fraction of sp³-hybridized carbons (Fsp3) is 0.364. The molecular formula is C22H22ClFN2O5. The van der Waals surface area contributed by atoms with Gasteiger partial charge in [0.1, 0.15) is 24.1 Å². The smallest absolute Gasteiger partial charge is 0.251 e. The fourth-order valence-electron chi connectivity index (χ4n) is 3.98. The Hall–Kier alpha value is -2.52. The van der Waals surface area contributed by atoms with E-state index in [1.54, 1.807) is 4.90 Å². The zero-order valence-corrected chi connectivity index (χ0v) is 17.3. The predicted molar refractivity (Wildman–Crippen MR) is 112 cm³/mol. The maximum Gasteiger partial charge on any atom is 0.251 e. The van der Waals surface area contributed by atoms with Gasteiger partial charge < -0.3 is 25.2 Å². The minimum atomic E-state index is -1.26. The van der Waals surface area contributed by atoms with Gasteiger partial charge >= 0.3 is 0 Å². The molecule has 2 aliphatic heterocycles. The zero-order chi connectivity index (χ0) is 22.1. The maximum absolute atomic E-state index is 13.3. The third kappa shape index (κ3) is 4.43. The van der Waals surface area contributed by atoms with Crippen molar-refractivity contribution in [2.75, 3.05) is 18.0 Å². The Balaban J connectivity index is 1.34. The van der Waals surface area contributed by atoms with E-state index in [0.717, 1.165) is 23.7 Å². The Morgan fingerprint density at radius 3 is 2.68 bits per heavy atom. The van der Waals surface area contributed by atoms with Crippen molar-refractivity contribution in [1.82, 2.24) is 5.32 Å². The number of aliphatic hydroxyl groups is 2. The molecule has 0 aromatic heterocycles. The lowest BCUT2D eigenvalue weighted by Gasteiger charge is -2.21. The summed E-state index contributed by atoms with van der Waals surface area (Å²) in [7, 11) is 0. The van der Waals surface area contributed by atoms with Crippen molar-refractivity contribution in [1.29, 1.82) is 0 Å². The number of hydrogen-bond donors (Lipinski definition) is 3. The lowest BCUT2D eigenvalue weighted by molar-refractivity contribution is -0.122. The average Bonchev–Trinajstić information content (AvgIpc) is 3.31. The van der Waals surface area contributed by atoms with E-state index in [-0.39, 0.29) is 29.5 Å². The second kappa shape index (κ2) is 8.92. The molecule has 4 unspecified atom stereocenters. The maximum atomic E-state index is 13.3. The first-order chi connectivity index (χ1) is 14.8. The topological polar surface area (TPSA) is 99.1 Å². The van der Waals surface area contributed by atoms with Crippen LogP contribution in [0.25, 0.3) is 0 Å². The quantitative estimate of drug-likeness (QED) is 0.646. The van der Waals surface area contributed by atoms with Crippen LogP contribution in [-0.4, -0.2) is 59.5 Å². The Kier molecular flexibility index (Phi) is 6.24. The summed E-state index contributed by atoms with van der Waals surface area (Å²) < 4.78 is 18.9. The molecule has 7 nitrogen and oxygen atoms in total. The molecule has 2 heterocycles. The van der Waals surface area contributed by atoms with E-state index in [1.807, 2.05) is 24.3 Å². The van der Waals surface area contributed by atoms with E-state index < -0.39 is 36.1 Å². The van der Waals surface area contributed by atoms with Gasteiger partial charge in [-0.25, -0.2) is 4.39 Å². The van der Waals surface area contributed by atoms with Crippen LogP contribution in [0.1, 0.15) is 22.3 Å². The van der Waals surface area contributed by atoms with Gasteiger partial charge in [-0.1, -0.05) is 29.8 Å². The number of fused-ring (bicyclic) bond motifs is 1. The lowest BCUT2D eigenvalue weighted by atomic mass is 10.0. The Morgan fingerprint density at radius 2 is 1.90 bits per heavy atom. The van der Waals surface area contributed by atoms with E-state index in [2.05, 4.69) is 5.32 Å². The summed E-state index contributed by atoms with van der Waals surface area (Å²) in [5.41, 5.74) is 2.09. The second-order valence-electron chi connectivity index (χ2n) is 7.66. The second-order valence-corrected chi connectivity index (χ2v) is 8.07. The standard InChI is InChI=1S/C22H22ClFN2O5/c23-14-9-13(5-6-15(14)24)22(30)25-11-18-21(29)20(28)17(31-18)10-19(27)26-8-7-12-3-1-2-4-16(12)26/h1-6,9,17-18,20-21,28-29H,7-8,10-11H2,(H,25,30). The summed E-state index contributed by atoms with van der Waals surface area (Å²) in [5.74, 6) is -1.36. The third-order valence-electron chi connectivity index (χ3n) is 5.67. The summed E-state index contributed by atoms with van der Waals surface area (Å²) in [6, 6.07) is 11.2. The summed E-state index contributed by atoms with van der Waals surface area (Å²) in [5, 5.41) is 23.0. The van der Waals surface area contributed by atoms with Gasteiger partial charge in [-0.2, -0.15) is 0 Å². The van der Waals surface area contributed by atoms with Crippen LogP contribution in [0.3, 0.4) is 0 Å². The number of nitrogens with one attached hydrogen (secondary N) is 1. The average molecular weight is 449 g/mol. The largest absolute Gasteiger partial charge is 0.388 e. The number of benzene rings is 2. The predicted octanol–water partition coefficient (Wildman–Crippen LogP) is 1.68. The number of amides is 2. The van der Waals surface area contributed by atoms with Gasteiger partial charge in [0.15, 0.2) is 0 Å². The monoisotopic (exact) mass is 448 g/mol. The molecule has 2 amide bonds. The van der Waals surface area contributed by atoms with Crippen molar-refractivity contribution >= 4 is 29.1 Å². The molecule has 0 aliphatic carbocycles. The number of carbonyl (C=O) groups is 2. The molecule has 0 saturated carbocycles. The molecule has 1 saturated heterocycles. The van der Waals surface area contributed by atoms with Crippen LogP contribution in [0, 0.1) is 5.82 Å². The zero-order valence-electron chi connectivity index (χ0n) is 16.5. The van der Waals surface area contributed by atoms with Gasteiger partial charge in [0, 0.05) is 24.3 Å². The number of rotatable bonds is 5. The summed E-state index contributed by atoms with van der Waals surface area (Å²) in [6.07, 6.45) is -3.63. The normalized spacial score (nSPS) is 24.8. The highest BCUT2D eigenvalue weighted by atomic mass is 35.5. The van der Waals surface area contributed by atoms with Crippen molar-refractivity contribution < 1.29 is 28.9 Å². The van der Waals surface area contributed by atoms with Crippen molar-refractivity contribution in [3.63, 3.8) is 0 Å². The summed E-state index contributed by atoms with van der Waals surface area (Å²) in [6.45, 7) is 0.465. The van der Waals surface area contributed by atoms with E-state index in [0.29, 0.717) is 6.54 Å². The first-order valence-electron chi connectivity index (χ1n) is 9.98. The van der Waals surface area contributed by atoms with Crippen LogP contribution < -0.4 is 10.2 Å².